The van der Waals surface area contributed by atoms with E-state index in [2.05, 4.69) is 28.8 Å². The molecule has 1 aromatic heterocycles. The summed E-state index contributed by atoms with van der Waals surface area (Å²) >= 11 is 0. The number of halogens is 3. The fraction of sp³-hybridized carbons (Fsp3) is 0.556. The van der Waals surface area contributed by atoms with Gasteiger partial charge in [0.05, 0.1) is 19.6 Å². The lowest BCUT2D eigenvalue weighted by molar-refractivity contribution is -0.138. The first kappa shape index (κ1) is 17.3. The Balaban J connectivity index is 1.63. The molecule has 1 aromatic carbocycles. The van der Waals surface area contributed by atoms with Gasteiger partial charge in [0.1, 0.15) is 0 Å². The zero-order valence-electron chi connectivity index (χ0n) is 13.9. The fourth-order valence-corrected chi connectivity index (χ4v) is 3.36. The number of aryl methyl sites for hydroxylation is 1. The number of nitrogens with zero attached hydrogens (tertiary/aromatic N) is 2. The van der Waals surface area contributed by atoms with Crippen LogP contribution in [0.2, 0.25) is 0 Å². The molecule has 1 saturated heterocycles. The summed E-state index contributed by atoms with van der Waals surface area (Å²) in [5, 5.41) is 1.19. The fourth-order valence-electron chi connectivity index (χ4n) is 3.36. The van der Waals surface area contributed by atoms with E-state index in [0.29, 0.717) is 26.3 Å². The summed E-state index contributed by atoms with van der Waals surface area (Å²) in [5.41, 5.74) is 2.39. The van der Waals surface area contributed by atoms with Crippen LogP contribution in [-0.2, 0) is 18.2 Å². The van der Waals surface area contributed by atoms with Gasteiger partial charge in [0, 0.05) is 38.4 Å². The minimum atomic E-state index is -4.10. The van der Waals surface area contributed by atoms with Crippen LogP contribution in [0.1, 0.15) is 12.0 Å². The van der Waals surface area contributed by atoms with E-state index in [1.165, 1.54) is 16.5 Å². The number of alkyl halides is 3. The monoisotopic (exact) mass is 340 g/mol. The summed E-state index contributed by atoms with van der Waals surface area (Å²) in [6, 6.07) is 8.45. The smallest absolute Gasteiger partial charge is 0.380 e. The summed E-state index contributed by atoms with van der Waals surface area (Å²) in [7, 11) is 2.01. The highest BCUT2D eigenvalue weighted by molar-refractivity contribution is 5.80. The lowest BCUT2D eigenvalue weighted by Crippen LogP contribution is -2.33. The molecule has 0 spiro atoms. The van der Waals surface area contributed by atoms with Crippen LogP contribution in [0.3, 0.4) is 0 Å². The highest BCUT2D eigenvalue weighted by Crippen LogP contribution is 2.22. The summed E-state index contributed by atoms with van der Waals surface area (Å²) < 4.78 is 45.0. The first-order valence-corrected chi connectivity index (χ1v) is 8.31. The van der Waals surface area contributed by atoms with Gasteiger partial charge in [0.15, 0.2) is 0 Å². The molecule has 132 valence electrons. The van der Waals surface area contributed by atoms with E-state index in [4.69, 9.17) is 4.74 Å². The lowest BCUT2D eigenvalue weighted by atomic mass is 9.98. The normalized spacial score (nSPS) is 20.4. The highest BCUT2D eigenvalue weighted by Gasteiger charge is 2.29. The number of ether oxygens (including phenoxy) is 1. The molecule has 3 nitrogen and oxygen atoms in total. The van der Waals surface area contributed by atoms with Crippen molar-refractivity contribution in [2.24, 2.45) is 13.0 Å². The van der Waals surface area contributed by atoms with E-state index >= 15 is 0 Å². The standard InChI is InChI=1S/C18H23F3N2O/c1-22-6-4-16-11-14(2-3-17(16)22)10-15-12-23(8-9-24-13-15)7-5-18(19,20)21/h2-4,6,11,15H,5,7-10,12-13H2,1H3/t15-/m0/s1. The average Bonchev–Trinajstić information content (AvgIpc) is 2.74. The van der Waals surface area contributed by atoms with Crippen LogP contribution in [0.15, 0.2) is 30.5 Å². The summed E-state index contributed by atoms with van der Waals surface area (Å²) in [4.78, 5) is 1.88. The number of benzene rings is 1. The van der Waals surface area contributed by atoms with Crippen molar-refractivity contribution in [1.82, 2.24) is 9.47 Å². The van der Waals surface area contributed by atoms with Gasteiger partial charge in [-0.15, -0.1) is 0 Å². The Bertz CT molecular complexity index is 680. The van der Waals surface area contributed by atoms with Gasteiger partial charge < -0.3 is 14.2 Å². The van der Waals surface area contributed by atoms with Gasteiger partial charge >= 0.3 is 6.18 Å². The first-order chi connectivity index (χ1) is 11.4. The predicted molar refractivity (Wildman–Crippen MR) is 88.0 cm³/mol. The van der Waals surface area contributed by atoms with Gasteiger partial charge in [-0.05, 0) is 41.5 Å². The molecule has 24 heavy (non-hydrogen) atoms. The molecule has 0 saturated carbocycles. The number of fused-ring (bicyclic) bond motifs is 1. The van der Waals surface area contributed by atoms with E-state index in [1.54, 1.807) is 0 Å². The third kappa shape index (κ3) is 4.51. The first-order valence-electron chi connectivity index (χ1n) is 8.31. The summed E-state index contributed by atoms with van der Waals surface area (Å²) in [6.07, 6.45) is -1.99. The van der Waals surface area contributed by atoms with Crippen LogP contribution in [-0.4, -0.2) is 48.5 Å². The van der Waals surface area contributed by atoms with Crippen molar-refractivity contribution >= 4 is 10.9 Å². The number of aromatic nitrogens is 1. The van der Waals surface area contributed by atoms with Crippen LogP contribution in [0, 0.1) is 5.92 Å². The maximum atomic E-state index is 12.4. The molecular weight excluding hydrogens is 317 g/mol. The van der Waals surface area contributed by atoms with Gasteiger partial charge in [-0.25, -0.2) is 0 Å². The summed E-state index contributed by atoms with van der Waals surface area (Å²) in [5.74, 6) is 0.224. The van der Waals surface area contributed by atoms with Crippen molar-refractivity contribution in [1.29, 1.82) is 0 Å². The van der Waals surface area contributed by atoms with Gasteiger partial charge in [0.25, 0.3) is 0 Å². The SMILES string of the molecule is Cn1ccc2cc(C[C@@H]3COCCN(CCC(F)(F)F)C3)ccc21. The zero-order chi connectivity index (χ0) is 17.2. The minimum absolute atomic E-state index is 0.0566. The molecule has 1 aliphatic rings. The Morgan fingerprint density at radius 3 is 2.88 bits per heavy atom. The predicted octanol–water partition coefficient (Wildman–Crippen LogP) is 3.62. The highest BCUT2D eigenvalue weighted by atomic mass is 19.4. The molecule has 0 N–H and O–H groups in total. The van der Waals surface area contributed by atoms with Crippen molar-refractivity contribution in [2.45, 2.75) is 19.0 Å². The maximum Gasteiger partial charge on any atom is 0.390 e. The molecule has 3 rings (SSSR count). The molecule has 6 heteroatoms. The zero-order valence-corrected chi connectivity index (χ0v) is 13.9. The quantitative estimate of drug-likeness (QED) is 0.846. The van der Waals surface area contributed by atoms with E-state index in [9.17, 15) is 13.2 Å². The van der Waals surface area contributed by atoms with Crippen molar-refractivity contribution in [3.05, 3.63) is 36.0 Å². The molecule has 0 radical (unpaired) electrons. The van der Waals surface area contributed by atoms with Crippen LogP contribution >= 0.6 is 0 Å². The van der Waals surface area contributed by atoms with Crippen LogP contribution < -0.4 is 0 Å². The Morgan fingerprint density at radius 2 is 2.08 bits per heavy atom. The lowest BCUT2D eigenvalue weighted by Gasteiger charge is -2.24. The molecule has 2 heterocycles. The maximum absolute atomic E-state index is 12.4. The number of hydrogen-bond acceptors (Lipinski definition) is 2. The Labute approximate surface area is 140 Å². The number of rotatable bonds is 4. The second-order valence-electron chi connectivity index (χ2n) is 6.63. The van der Waals surface area contributed by atoms with Gasteiger partial charge in [0.2, 0.25) is 0 Å². The van der Waals surface area contributed by atoms with Gasteiger partial charge in [-0.2, -0.15) is 13.2 Å². The molecule has 0 unspecified atom stereocenters. The van der Waals surface area contributed by atoms with E-state index in [0.717, 1.165) is 6.42 Å². The minimum Gasteiger partial charge on any atom is -0.380 e. The second-order valence-corrected chi connectivity index (χ2v) is 6.63. The van der Waals surface area contributed by atoms with Gasteiger partial charge in [-0.1, -0.05) is 6.07 Å². The van der Waals surface area contributed by atoms with Gasteiger partial charge in [-0.3, -0.25) is 0 Å². The molecule has 0 aliphatic carbocycles. The molecular formula is C18H23F3N2O. The van der Waals surface area contributed by atoms with Crippen molar-refractivity contribution in [3.63, 3.8) is 0 Å². The average molecular weight is 340 g/mol. The molecule has 0 amide bonds. The van der Waals surface area contributed by atoms with Crippen molar-refractivity contribution < 1.29 is 17.9 Å². The van der Waals surface area contributed by atoms with Crippen molar-refractivity contribution in [2.75, 3.05) is 32.8 Å². The second kappa shape index (κ2) is 7.15. The molecule has 1 fully saturated rings. The number of hydrogen-bond donors (Lipinski definition) is 0. The summed E-state index contributed by atoms with van der Waals surface area (Å²) in [6.45, 7) is 2.40. The van der Waals surface area contributed by atoms with Crippen LogP contribution in [0.25, 0.3) is 10.9 Å². The molecule has 1 aliphatic heterocycles. The molecule has 0 bridgehead atoms. The Kier molecular flexibility index (Phi) is 5.15. The third-order valence-corrected chi connectivity index (χ3v) is 4.61. The van der Waals surface area contributed by atoms with E-state index < -0.39 is 12.6 Å². The van der Waals surface area contributed by atoms with Crippen molar-refractivity contribution in [3.8, 4) is 0 Å². The topological polar surface area (TPSA) is 17.4 Å². The molecule has 1 atom stereocenters. The van der Waals surface area contributed by atoms with E-state index in [1.807, 2.05) is 18.1 Å². The molecule has 2 aromatic rings. The Hall–Kier alpha value is -1.53. The van der Waals surface area contributed by atoms with Crippen LogP contribution in [0.4, 0.5) is 13.2 Å². The largest absolute Gasteiger partial charge is 0.390 e. The Morgan fingerprint density at radius 1 is 1.25 bits per heavy atom. The third-order valence-electron chi connectivity index (χ3n) is 4.61. The van der Waals surface area contributed by atoms with E-state index in [-0.39, 0.29) is 12.5 Å². The van der Waals surface area contributed by atoms with Crippen LogP contribution in [0.5, 0.6) is 0 Å².